The fraction of sp³-hybridized carbons (Fsp3) is 0.0500. The first-order valence-electron chi connectivity index (χ1n) is 7.72. The van der Waals surface area contributed by atoms with E-state index in [0.717, 1.165) is 25.3 Å². The van der Waals surface area contributed by atoms with Crippen LogP contribution in [0.25, 0.3) is 10.2 Å². The van der Waals surface area contributed by atoms with Crippen LogP contribution >= 0.6 is 23.6 Å². The number of fused-ring (bicyclic) bond motifs is 1. The molecule has 24 heavy (non-hydrogen) atoms. The lowest BCUT2D eigenvalue weighted by Crippen LogP contribution is -2.45. The SMILES string of the molecule is NC(c1ccccc1)(c1ccccc1)n1c(=S)sc2ccccc21. The van der Waals surface area contributed by atoms with Crippen LogP contribution in [-0.2, 0) is 5.66 Å². The minimum absolute atomic E-state index is 0.770. The minimum Gasteiger partial charge on any atom is -0.301 e. The maximum Gasteiger partial charge on any atom is 0.164 e. The van der Waals surface area contributed by atoms with Gasteiger partial charge in [-0.05, 0) is 35.5 Å². The molecule has 0 amide bonds. The largest absolute Gasteiger partial charge is 0.301 e. The average Bonchev–Trinajstić information content (AvgIpc) is 2.99. The number of hydrogen-bond donors (Lipinski definition) is 1. The predicted octanol–water partition coefficient (Wildman–Crippen LogP) is 5.14. The van der Waals surface area contributed by atoms with Gasteiger partial charge in [-0.1, -0.05) is 72.8 Å². The summed E-state index contributed by atoms with van der Waals surface area (Å²) in [6.45, 7) is 0. The van der Waals surface area contributed by atoms with Gasteiger partial charge in [0, 0.05) is 0 Å². The molecular formula is C20H16N2S2. The number of rotatable bonds is 3. The van der Waals surface area contributed by atoms with Crippen LogP contribution in [0.1, 0.15) is 11.1 Å². The lowest BCUT2D eigenvalue weighted by molar-refractivity contribution is 0.462. The number of benzene rings is 3. The summed E-state index contributed by atoms with van der Waals surface area (Å²) < 4.78 is 3.99. The molecule has 0 aliphatic rings. The van der Waals surface area contributed by atoms with E-state index in [1.807, 2.05) is 48.5 Å². The standard InChI is InChI=1S/C20H16N2S2/c21-20(15-9-3-1-4-10-15,16-11-5-2-6-12-16)22-17-13-7-8-14-18(17)24-19(22)23/h1-14H,21H2. The van der Waals surface area contributed by atoms with Crippen molar-refractivity contribution in [3.63, 3.8) is 0 Å². The monoisotopic (exact) mass is 348 g/mol. The number of aromatic nitrogens is 1. The van der Waals surface area contributed by atoms with Gasteiger partial charge < -0.3 is 5.73 Å². The van der Waals surface area contributed by atoms with Gasteiger partial charge in [-0.2, -0.15) is 0 Å². The Labute approximate surface area is 149 Å². The Kier molecular flexibility index (Phi) is 3.81. The number of nitrogens with two attached hydrogens (primary N) is 1. The quantitative estimate of drug-likeness (QED) is 0.520. The summed E-state index contributed by atoms with van der Waals surface area (Å²) in [4.78, 5) is 0. The van der Waals surface area contributed by atoms with E-state index in [9.17, 15) is 0 Å². The number of para-hydroxylation sites is 1. The molecule has 0 spiro atoms. The van der Waals surface area contributed by atoms with E-state index in [1.165, 1.54) is 0 Å². The van der Waals surface area contributed by atoms with Crippen molar-refractivity contribution in [2.75, 3.05) is 0 Å². The van der Waals surface area contributed by atoms with E-state index < -0.39 is 5.66 Å². The fourth-order valence-electron chi connectivity index (χ4n) is 3.11. The van der Waals surface area contributed by atoms with Crippen molar-refractivity contribution in [3.8, 4) is 0 Å². The molecule has 2 nitrogen and oxygen atoms in total. The zero-order valence-corrected chi connectivity index (χ0v) is 14.6. The Hall–Kier alpha value is -2.27. The summed E-state index contributed by atoms with van der Waals surface area (Å²) in [5, 5.41) is 0. The molecule has 3 aromatic carbocycles. The minimum atomic E-state index is -0.848. The van der Waals surface area contributed by atoms with Crippen molar-refractivity contribution in [1.82, 2.24) is 4.57 Å². The lowest BCUT2D eigenvalue weighted by Gasteiger charge is -2.33. The maximum absolute atomic E-state index is 7.08. The molecule has 4 rings (SSSR count). The van der Waals surface area contributed by atoms with Gasteiger partial charge in [0.1, 0.15) is 5.66 Å². The zero-order valence-electron chi connectivity index (χ0n) is 12.9. The molecule has 0 aliphatic heterocycles. The van der Waals surface area contributed by atoms with Gasteiger partial charge in [0.2, 0.25) is 0 Å². The number of thiazole rings is 1. The smallest absolute Gasteiger partial charge is 0.164 e. The van der Waals surface area contributed by atoms with Crippen LogP contribution in [0.2, 0.25) is 0 Å². The summed E-state index contributed by atoms with van der Waals surface area (Å²) in [5.74, 6) is 0. The van der Waals surface area contributed by atoms with Crippen LogP contribution in [0, 0.1) is 3.95 Å². The molecule has 0 radical (unpaired) electrons. The molecule has 0 fully saturated rings. The molecule has 0 saturated heterocycles. The van der Waals surface area contributed by atoms with Crippen molar-refractivity contribution in [1.29, 1.82) is 0 Å². The van der Waals surface area contributed by atoms with E-state index in [2.05, 4.69) is 41.0 Å². The fourth-order valence-corrected chi connectivity index (χ4v) is 4.55. The second-order valence-electron chi connectivity index (χ2n) is 5.67. The normalized spacial score (nSPS) is 11.7. The second-order valence-corrected chi connectivity index (χ2v) is 7.35. The van der Waals surface area contributed by atoms with Gasteiger partial charge in [0.25, 0.3) is 0 Å². The molecule has 1 aromatic heterocycles. The summed E-state index contributed by atoms with van der Waals surface area (Å²) in [7, 11) is 0. The van der Waals surface area contributed by atoms with Gasteiger partial charge in [-0.3, -0.25) is 4.57 Å². The molecule has 118 valence electrons. The molecule has 0 aliphatic carbocycles. The van der Waals surface area contributed by atoms with Crippen molar-refractivity contribution in [2.45, 2.75) is 5.66 Å². The molecule has 0 saturated carbocycles. The van der Waals surface area contributed by atoms with Crippen LogP contribution in [0.3, 0.4) is 0 Å². The van der Waals surface area contributed by atoms with Crippen LogP contribution < -0.4 is 5.73 Å². The molecule has 0 bridgehead atoms. The van der Waals surface area contributed by atoms with Crippen molar-refractivity contribution in [3.05, 3.63) is 100 Å². The van der Waals surface area contributed by atoms with Crippen LogP contribution in [-0.4, -0.2) is 4.57 Å². The Morgan fingerprint density at radius 2 is 1.25 bits per heavy atom. The topological polar surface area (TPSA) is 30.9 Å². The van der Waals surface area contributed by atoms with E-state index in [-0.39, 0.29) is 0 Å². The third-order valence-electron chi connectivity index (χ3n) is 4.27. The van der Waals surface area contributed by atoms with E-state index >= 15 is 0 Å². The van der Waals surface area contributed by atoms with Crippen molar-refractivity contribution < 1.29 is 0 Å². The molecule has 4 aromatic rings. The lowest BCUT2D eigenvalue weighted by atomic mass is 9.91. The molecule has 4 heteroatoms. The molecular weight excluding hydrogens is 332 g/mol. The Balaban J connectivity index is 2.11. The second kappa shape index (κ2) is 5.98. The first-order chi connectivity index (χ1) is 11.7. The summed E-state index contributed by atoms with van der Waals surface area (Å²) >= 11 is 7.30. The first kappa shape index (κ1) is 15.3. The Bertz CT molecular complexity index is 994. The highest BCUT2D eigenvalue weighted by molar-refractivity contribution is 7.73. The highest BCUT2D eigenvalue weighted by atomic mass is 32.1. The number of nitrogens with zero attached hydrogens (tertiary/aromatic N) is 1. The van der Waals surface area contributed by atoms with Gasteiger partial charge >= 0.3 is 0 Å². The van der Waals surface area contributed by atoms with E-state index in [4.69, 9.17) is 18.0 Å². The predicted molar refractivity (Wildman–Crippen MR) is 104 cm³/mol. The third kappa shape index (κ3) is 2.31. The average molecular weight is 348 g/mol. The first-order valence-corrected chi connectivity index (χ1v) is 8.95. The van der Waals surface area contributed by atoms with Crippen molar-refractivity contribution >= 4 is 33.8 Å². The Morgan fingerprint density at radius 1 is 0.750 bits per heavy atom. The summed E-state index contributed by atoms with van der Waals surface area (Å²) in [5.41, 5.74) is 9.31. The maximum atomic E-state index is 7.08. The number of hydrogen-bond acceptors (Lipinski definition) is 3. The van der Waals surface area contributed by atoms with Crippen LogP contribution in [0.5, 0.6) is 0 Å². The summed E-state index contributed by atoms with van der Waals surface area (Å²) in [6, 6.07) is 28.5. The van der Waals surface area contributed by atoms with Gasteiger partial charge in [0.15, 0.2) is 3.95 Å². The van der Waals surface area contributed by atoms with Crippen LogP contribution in [0.15, 0.2) is 84.9 Å². The van der Waals surface area contributed by atoms with E-state index in [0.29, 0.717) is 0 Å². The highest BCUT2D eigenvalue weighted by Crippen LogP contribution is 2.35. The van der Waals surface area contributed by atoms with E-state index in [1.54, 1.807) is 11.3 Å². The van der Waals surface area contributed by atoms with Gasteiger partial charge in [-0.15, -0.1) is 11.3 Å². The zero-order chi connectivity index (χ0) is 16.6. The van der Waals surface area contributed by atoms with Crippen LogP contribution in [0.4, 0.5) is 0 Å². The Morgan fingerprint density at radius 3 is 1.83 bits per heavy atom. The highest BCUT2D eigenvalue weighted by Gasteiger charge is 2.33. The van der Waals surface area contributed by atoms with Crippen molar-refractivity contribution in [2.24, 2.45) is 5.73 Å². The molecule has 0 atom stereocenters. The molecule has 1 heterocycles. The van der Waals surface area contributed by atoms with Gasteiger partial charge in [0.05, 0.1) is 10.2 Å². The third-order valence-corrected chi connectivity index (χ3v) is 5.62. The molecule has 2 N–H and O–H groups in total. The molecule has 0 unspecified atom stereocenters. The van der Waals surface area contributed by atoms with Gasteiger partial charge in [-0.25, -0.2) is 0 Å². The summed E-state index contributed by atoms with van der Waals surface area (Å²) in [6.07, 6.45) is 0.